The first-order valence-electron chi connectivity index (χ1n) is 7.62. The summed E-state index contributed by atoms with van der Waals surface area (Å²) in [4.78, 5) is 0. The van der Waals surface area contributed by atoms with E-state index in [4.69, 9.17) is 15.6 Å². The zero-order valence-corrected chi connectivity index (χ0v) is 12.5. The zero-order valence-electron chi connectivity index (χ0n) is 12.5. The van der Waals surface area contributed by atoms with Crippen LogP contribution in [0.15, 0.2) is 0 Å². The van der Waals surface area contributed by atoms with Crippen molar-refractivity contribution in [1.29, 1.82) is 0 Å². The van der Waals surface area contributed by atoms with Crippen molar-refractivity contribution in [3.05, 3.63) is 17.0 Å². The first kappa shape index (κ1) is 14.5. The van der Waals surface area contributed by atoms with E-state index in [9.17, 15) is 0 Å². The summed E-state index contributed by atoms with van der Waals surface area (Å²) in [5, 5.41) is 4.81. The lowest BCUT2D eigenvalue weighted by Crippen LogP contribution is -2.16. The quantitative estimate of drug-likeness (QED) is 0.859. The molecule has 1 saturated heterocycles. The maximum absolute atomic E-state index is 6.29. The Morgan fingerprint density at radius 2 is 2.16 bits per heavy atom. The average Bonchev–Trinajstić information content (AvgIpc) is 3.05. The molecule has 2 rings (SSSR count). The highest BCUT2D eigenvalue weighted by molar-refractivity contribution is 5.30. The normalized spacial score (nSPS) is 20.9. The molecule has 0 spiro atoms. The van der Waals surface area contributed by atoms with E-state index in [1.54, 1.807) is 0 Å². The molecule has 2 N–H and O–H groups in total. The van der Waals surface area contributed by atoms with Crippen LogP contribution in [-0.2, 0) is 24.1 Å². The Bertz CT molecular complexity index is 408. The van der Waals surface area contributed by atoms with Crippen LogP contribution in [0.2, 0.25) is 0 Å². The molecule has 0 aromatic carbocycles. The Morgan fingerprint density at radius 3 is 2.68 bits per heavy atom. The number of ether oxygens (including phenoxy) is 1. The van der Waals surface area contributed by atoms with Gasteiger partial charge in [0.05, 0.1) is 12.3 Å². The van der Waals surface area contributed by atoms with Crippen molar-refractivity contribution in [2.24, 2.45) is 11.7 Å². The maximum atomic E-state index is 6.29. The van der Waals surface area contributed by atoms with E-state index in [0.717, 1.165) is 45.4 Å². The van der Waals surface area contributed by atoms with E-state index in [1.807, 2.05) is 0 Å². The second-order valence-electron chi connectivity index (χ2n) is 5.44. The number of nitrogens with zero attached hydrogens (tertiary/aromatic N) is 2. The lowest BCUT2D eigenvalue weighted by Gasteiger charge is -2.14. The zero-order chi connectivity index (χ0) is 13.8. The predicted molar refractivity (Wildman–Crippen MR) is 77.1 cm³/mol. The summed E-state index contributed by atoms with van der Waals surface area (Å²) in [5.74, 6) is 0.612. The van der Waals surface area contributed by atoms with Crippen LogP contribution < -0.4 is 5.73 Å². The number of nitrogens with two attached hydrogens (primary N) is 1. The summed E-state index contributed by atoms with van der Waals surface area (Å²) in [6, 6.07) is 0.124. The summed E-state index contributed by atoms with van der Waals surface area (Å²) in [5.41, 5.74) is 10.1. The van der Waals surface area contributed by atoms with Crippen molar-refractivity contribution < 1.29 is 4.74 Å². The van der Waals surface area contributed by atoms with Gasteiger partial charge in [-0.1, -0.05) is 20.8 Å². The fourth-order valence-electron chi connectivity index (χ4n) is 2.95. The van der Waals surface area contributed by atoms with Gasteiger partial charge in [0.2, 0.25) is 0 Å². The van der Waals surface area contributed by atoms with Gasteiger partial charge in [0.1, 0.15) is 0 Å². The highest BCUT2D eigenvalue weighted by Gasteiger charge is 2.23. The SMILES string of the molecule is CCc1nn(CC2CCOC2)c(CC)c1C(N)CC. The van der Waals surface area contributed by atoms with Crippen molar-refractivity contribution in [3.8, 4) is 0 Å². The third-order valence-electron chi connectivity index (χ3n) is 4.11. The molecule has 0 bridgehead atoms. The van der Waals surface area contributed by atoms with E-state index >= 15 is 0 Å². The molecule has 19 heavy (non-hydrogen) atoms. The van der Waals surface area contributed by atoms with Crippen LogP contribution in [0.5, 0.6) is 0 Å². The number of hydrogen-bond donors (Lipinski definition) is 1. The smallest absolute Gasteiger partial charge is 0.0672 e. The van der Waals surface area contributed by atoms with Crippen molar-refractivity contribution in [1.82, 2.24) is 9.78 Å². The number of aromatic nitrogens is 2. The highest BCUT2D eigenvalue weighted by Crippen LogP contribution is 2.26. The highest BCUT2D eigenvalue weighted by atomic mass is 16.5. The second-order valence-corrected chi connectivity index (χ2v) is 5.44. The van der Waals surface area contributed by atoms with E-state index in [1.165, 1.54) is 17.0 Å². The molecule has 4 nitrogen and oxygen atoms in total. The number of aryl methyl sites for hydroxylation is 1. The lowest BCUT2D eigenvalue weighted by molar-refractivity contribution is 0.181. The van der Waals surface area contributed by atoms with Crippen molar-refractivity contribution in [2.45, 2.75) is 59.0 Å². The summed E-state index contributed by atoms with van der Waals surface area (Å²) in [6.45, 7) is 9.26. The van der Waals surface area contributed by atoms with Gasteiger partial charge >= 0.3 is 0 Å². The van der Waals surface area contributed by atoms with Crippen LogP contribution in [0.1, 0.15) is 56.6 Å². The van der Waals surface area contributed by atoms with Crippen molar-refractivity contribution in [3.63, 3.8) is 0 Å². The first-order chi connectivity index (χ1) is 9.21. The van der Waals surface area contributed by atoms with Crippen LogP contribution in [0.25, 0.3) is 0 Å². The maximum Gasteiger partial charge on any atom is 0.0672 e. The number of rotatable bonds is 6. The molecule has 0 saturated carbocycles. The molecule has 1 aliphatic rings. The summed E-state index contributed by atoms with van der Waals surface area (Å²) < 4.78 is 7.67. The molecule has 2 atom stereocenters. The molecule has 4 heteroatoms. The standard InChI is InChI=1S/C15H27N3O/c1-4-12(16)15-13(5-2)17-18(14(15)6-3)9-11-7-8-19-10-11/h11-12H,4-10,16H2,1-3H3. The van der Waals surface area contributed by atoms with Crippen LogP contribution in [0.4, 0.5) is 0 Å². The Morgan fingerprint density at radius 1 is 1.37 bits per heavy atom. The number of hydrogen-bond acceptors (Lipinski definition) is 3. The van der Waals surface area contributed by atoms with Crippen LogP contribution in [-0.4, -0.2) is 23.0 Å². The molecule has 1 aromatic heterocycles. The molecule has 0 radical (unpaired) electrons. The Hall–Kier alpha value is -0.870. The molecular weight excluding hydrogens is 238 g/mol. The molecular formula is C15H27N3O. The van der Waals surface area contributed by atoms with E-state index in [0.29, 0.717) is 5.92 Å². The van der Waals surface area contributed by atoms with Gasteiger partial charge in [-0.05, 0) is 25.7 Å². The van der Waals surface area contributed by atoms with E-state index < -0.39 is 0 Å². The summed E-state index contributed by atoms with van der Waals surface area (Å²) in [7, 11) is 0. The molecule has 2 heterocycles. The second kappa shape index (κ2) is 6.53. The fraction of sp³-hybridized carbons (Fsp3) is 0.800. The minimum atomic E-state index is 0.124. The summed E-state index contributed by atoms with van der Waals surface area (Å²) >= 11 is 0. The Kier molecular flexibility index (Phi) is 4.99. The molecule has 1 fully saturated rings. The minimum Gasteiger partial charge on any atom is -0.381 e. The minimum absolute atomic E-state index is 0.124. The van der Waals surface area contributed by atoms with Gasteiger partial charge in [0.25, 0.3) is 0 Å². The van der Waals surface area contributed by atoms with E-state index in [-0.39, 0.29) is 6.04 Å². The van der Waals surface area contributed by atoms with Gasteiger partial charge < -0.3 is 10.5 Å². The van der Waals surface area contributed by atoms with Crippen LogP contribution in [0.3, 0.4) is 0 Å². The molecule has 0 aliphatic carbocycles. The molecule has 1 aliphatic heterocycles. The largest absolute Gasteiger partial charge is 0.381 e. The van der Waals surface area contributed by atoms with Gasteiger partial charge in [0, 0.05) is 36.4 Å². The van der Waals surface area contributed by atoms with Gasteiger partial charge in [-0.2, -0.15) is 5.10 Å². The van der Waals surface area contributed by atoms with Gasteiger partial charge in [0.15, 0.2) is 0 Å². The molecule has 108 valence electrons. The fourth-order valence-corrected chi connectivity index (χ4v) is 2.95. The Labute approximate surface area is 116 Å². The van der Waals surface area contributed by atoms with E-state index in [2.05, 4.69) is 25.5 Å². The van der Waals surface area contributed by atoms with Gasteiger partial charge in [-0.25, -0.2) is 0 Å². The average molecular weight is 265 g/mol. The topological polar surface area (TPSA) is 53.1 Å². The van der Waals surface area contributed by atoms with Crippen LogP contribution in [0, 0.1) is 5.92 Å². The third-order valence-corrected chi connectivity index (χ3v) is 4.11. The van der Waals surface area contributed by atoms with Crippen molar-refractivity contribution in [2.75, 3.05) is 13.2 Å². The van der Waals surface area contributed by atoms with Crippen molar-refractivity contribution >= 4 is 0 Å². The molecule has 0 amide bonds. The summed E-state index contributed by atoms with van der Waals surface area (Å²) in [6.07, 6.45) is 4.09. The monoisotopic (exact) mass is 265 g/mol. The Balaban J connectivity index is 2.29. The van der Waals surface area contributed by atoms with Gasteiger partial charge in [-0.15, -0.1) is 0 Å². The van der Waals surface area contributed by atoms with Crippen LogP contribution >= 0.6 is 0 Å². The first-order valence-corrected chi connectivity index (χ1v) is 7.62. The predicted octanol–water partition coefficient (Wildman–Crippen LogP) is 2.45. The van der Waals surface area contributed by atoms with Gasteiger partial charge in [-0.3, -0.25) is 4.68 Å². The lowest BCUT2D eigenvalue weighted by atomic mass is 10.00. The third kappa shape index (κ3) is 3.00. The molecule has 2 unspecified atom stereocenters. The molecule has 1 aromatic rings.